The van der Waals surface area contributed by atoms with Crippen LogP contribution < -0.4 is 4.74 Å². The first-order valence-electron chi connectivity index (χ1n) is 12.5. The molecule has 0 spiro atoms. The van der Waals surface area contributed by atoms with Gasteiger partial charge in [0.15, 0.2) is 0 Å². The SMILES string of the molecule is CC[C@@H](C)N(Cc1c(C)nn(-c2ccccc2)c1Oc1cccc(C)c1)C[C@H](O)COC(C)(C)C. The van der Waals surface area contributed by atoms with Crippen molar-refractivity contribution in [2.75, 3.05) is 13.2 Å². The Bertz CT molecular complexity index is 1070. The average molecular weight is 480 g/mol. The predicted octanol–water partition coefficient (Wildman–Crippen LogP) is 6.06. The smallest absolute Gasteiger partial charge is 0.227 e. The van der Waals surface area contributed by atoms with Gasteiger partial charge in [0.25, 0.3) is 0 Å². The number of nitrogens with zero attached hydrogens (tertiary/aromatic N) is 3. The van der Waals surface area contributed by atoms with Gasteiger partial charge < -0.3 is 14.6 Å². The number of para-hydroxylation sites is 1. The highest BCUT2D eigenvalue weighted by Crippen LogP contribution is 2.32. The van der Waals surface area contributed by atoms with Gasteiger partial charge in [-0.2, -0.15) is 5.10 Å². The molecule has 6 nitrogen and oxygen atoms in total. The highest BCUT2D eigenvalue weighted by Gasteiger charge is 2.25. The summed E-state index contributed by atoms with van der Waals surface area (Å²) in [6, 6.07) is 18.4. The summed E-state index contributed by atoms with van der Waals surface area (Å²) in [6.07, 6.45) is 0.376. The number of hydrogen-bond donors (Lipinski definition) is 1. The second-order valence-corrected chi connectivity index (χ2v) is 10.3. The molecule has 3 aromatic rings. The minimum atomic E-state index is -0.589. The lowest BCUT2D eigenvalue weighted by Gasteiger charge is -2.31. The summed E-state index contributed by atoms with van der Waals surface area (Å²) in [5.41, 5.74) is 3.71. The van der Waals surface area contributed by atoms with Crippen LogP contribution >= 0.6 is 0 Å². The molecule has 2 aromatic carbocycles. The first-order chi connectivity index (χ1) is 16.6. The molecule has 0 aliphatic carbocycles. The first kappa shape index (κ1) is 26.9. The van der Waals surface area contributed by atoms with Gasteiger partial charge in [0, 0.05) is 19.1 Å². The van der Waals surface area contributed by atoms with Gasteiger partial charge in [-0.25, -0.2) is 4.68 Å². The number of ether oxygens (including phenoxy) is 2. The summed E-state index contributed by atoms with van der Waals surface area (Å²) in [6.45, 7) is 15.9. The van der Waals surface area contributed by atoms with E-state index < -0.39 is 6.10 Å². The van der Waals surface area contributed by atoms with Crippen LogP contribution in [0.4, 0.5) is 0 Å². The maximum absolute atomic E-state index is 10.8. The van der Waals surface area contributed by atoms with Gasteiger partial charge in [0.1, 0.15) is 5.75 Å². The summed E-state index contributed by atoms with van der Waals surface area (Å²) in [5, 5.41) is 15.6. The molecule has 1 N–H and O–H groups in total. The van der Waals surface area contributed by atoms with Crippen molar-refractivity contribution in [2.24, 2.45) is 0 Å². The van der Waals surface area contributed by atoms with Gasteiger partial charge in [-0.3, -0.25) is 4.90 Å². The number of aliphatic hydroxyl groups is 1. The van der Waals surface area contributed by atoms with Crippen molar-refractivity contribution in [1.82, 2.24) is 14.7 Å². The maximum atomic E-state index is 10.8. The number of aromatic nitrogens is 2. The molecule has 0 bridgehead atoms. The molecule has 6 heteroatoms. The monoisotopic (exact) mass is 479 g/mol. The van der Waals surface area contributed by atoms with Crippen LogP contribution in [0.3, 0.4) is 0 Å². The zero-order chi connectivity index (χ0) is 25.6. The van der Waals surface area contributed by atoms with E-state index in [2.05, 4.69) is 31.7 Å². The van der Waals surface area contributed by atoms with Crippen LogP contribution in [0.5, 0.6) is 11.6 Å². The van der Waals surface area contributed by atoms with Crippen molar-refractivity contribution < 1.29 is 14.6 Å². The van der Waals surface area contributed by atoms with Crippen LogP contribution in [-0.4, -0.2) is 50.7 Å². The topological polar surface area (TPSA) is 59.8 Å². The van der Waals surface area contributed by atoms with E-state index in [1.54, 1.807) is 0 Å². The fourth-order valence-corrected chi connectivity index (χ4v) is 3.89. The Balaban J connectivity index is 1.95. The highest BCUT2D eigenvalue weighted by atomic mass is 16.5. The van der Waals surface area contributed by atoms with Gasteiger partial charge in [0.2, 0.25) is 5.88 Å². The van der Waals surface area contributed by atoms with E-state index in [-0.39, 0.29) is 11.6 Å². The maximum Gasteiger partial charge on any atom is 0.227 e. The lowest BCUT2D eigenvalue weighted by molar-refractivity contribution is -0.0593. The van der Waals surface area contributed by atoms with Crippen LogP contribution in [0.25, 0.3) is 5.69 Å². The lowest BCUT2D eigenvalue weighted by atomic mass is 10.1. The van der Waals surface area contributed by atoms with E-state index in [9.17, 15) is 5.11 Å². The van der Waals surface area contributed by atoms with Crippen molar-refractivity contribution in [1.29, 1.82) is 0 Å². The first-order valence-corrected chi connectivity index (χ1v) is 12.5. The lowest BCUT2D eigenvalue weighted by Crippen LogP contribution is -2.41. The molecule has 0 aliphatic heterocycles. The standard InChI is InChI=1S/C29H41N3O3/c1-8-22(3)31(18-25(33)20-34-29(5,6)7)19-27-23(4)30-32(24-14-10-9-11-15-24)28(27)35-26-16-12-13-21(2)17-26/h9-17,22,25,33H,8,18-20H2,1-7H3/t22-,25+/m1/s1. The van der Waals surface area contributed by atoms with E-state index in [0.717, 1.165) is 34.7 Å². The van der Waals surface area contributed by atoms with Gasteiger partial charge in [-0.05, 0) is 77.8 Å². The predicted molar refractivity (Wildman–Crippen MR) is 141 cm³/mol. The molecule has 35 heavy (non-hydrogen) atoms. The minimum Gasteiger partial charge on any atom is -0.439 e. The van der Waals surface area contributed by atoms with E-state index in [1.807, 2.05) is 80.9 Å². The molecule has 0 radical (unpaired) electrons. The van der Waals surface area contributed by atoms with E-state index >= 15 is 0 Å². The third-order valence-corrected chi connectivity index (χ3v) is 6.07. The zero-order valence-electron chi connectivity index (χ0n) is 22.3. The quantitative estimate of drug-likeness (QED) is 0.362. The second-order valence-electron chi connectivity index (χ2n) is 10.3. The Hall–Kier alpha value is -2.67. The Morgan fingerprint density at radius 3 is 2.40 bits per heavy atom. The fraction of sp³-hybridized carbons (Fsp3) is 0.483. The van der Waals surface area contributed by atoms with E-state index in [0.29, 0.717) is 25.6 Å². The minimum absolute atomic E-state index is 0.269. The van der Waals surface area contributed by atoms with Crippen molar-refractivity contribution in [3.63, 3.8) is 0 Å². The van der Waals surface area contributed by atoms with Gasteiger partial charge in [-0.1, -0.05) is 37.3 Å². The number of rotatable bonds is 11. The average Bonchev–Trinajstić information content (AvgIpc) is 3.11. The summed E-state index contributed by atoms with van der Waals surface area (Å²) in [7, 11) is 0. The van der Waals surface area contributed by atoms with E-state index in [4.69, 9.17) is 14.6 Å². The molecule has 1 aromatic heterocycles. The molecule has 0 fully saturated rings. The molecule has 0 aliphatic rings. The van der Waals surface area contributed by atoms with Crippen LogP contribution in [-0.2, 0) is 11.3 Å². The van der Waals surface area contributed by atoms with Gasteiger partial charge in [-0.15, -0.1) is 0 Å². The molecule has 1 heterocycles. The van der Waals surface area contributed by atoms with Gasteiger partial charge in [0.05, 0.1) is 35.3 Å². The Morgan fingerprint density at radius 2 is 1.77 bits per heavy atom. The Labute approximate surface area is 210 Å². The van der Waals surface area contributed by atoms with Crippen molar-refractivity contribution in [3.05, 3.63) is 71.4 Å². The molecule has 0 unspecified atom stereocenters. The molecular formula is C29H41N3O3. The third kappa shape index (κ3) is 7.66. The molecule has 190 valence electrons. The van der Waals surface area contributed by atoms with Crippen molar-refractivity contribution in [3.8, 4) is 17.3 Å². The molecule has 3 rings (SSSR count). The van der Waals surface area contributed by atoms with Gasteiger partial charge >= 0.3 is 0 Å². The van der Waals surface area contributed by atoms with Crippen molar-refractivity contribution >= 4 is 0 Å². The number of aryl methyl sites for hydroxylation is 2. The van der Waals surface area contributed by atoms with Crippen LogP contribution in [0.15, 0.2) is 54.6 Å². The Kier molecular flexibility index (Phi) is 9.11. The Morgan fingerprint density at radius 1 is 1.06 bits per heavy atom. The second kappa shape index (κ2) is 11.8. The summed E-state index contributed by atoms with van der Waals surface area (Å²) in [5.74, 6) is 1.48. The zero-order valence-corrected chi connectivity index (χ0v) is 22.3. The summed E-state index contributed by atoms with van der Waals surface area (Å²) in [4.78, 5) is 2.29. The normalized spacial score (nSPS) is 13.7. The number of benzene rings is 2. The fourth-order valence-electron chi connectivity index (χ4n) is 3.89. The number of aliphatic hydroxyl groups excluding tert-OH is 1. The molecule has 0 saturated carbocycles. The van der Waals surface area contributed by atoms with Crippen LogP contribution in [0, 0.1) is 13.8 Å². The number of hydrogen-bond acceptors (Lipinski definition) is 5. The van der Waals surface area contributed by atoms with Crippen LogP contribution in [0.1, 0.15) is 57.9 Å². The molecule has 0 saturated heterocycles. The summed E-state index contributed by atoms with van der Waals surface area (Å²) >= 11 is 0. The van der Waals surface area contributed by atoms with E-state index in [1.165, 1.54) is 0 Å². The largest absolute Gasteiger partial charge is 0.439 e. The molecule has 2 atom stereocenters. The molecule has 0 amide bonds. The third-order valence-electron chi connectivity index (χ3n) is 6.07. The summed E-state index contributed by atoms with van der Waals surface area (Å²) < 4.78 is 14.2. The molecular weight excluding hydrogens is 438 g/mol. The van der Waals surface area contributed by atoms with Crippen LogP contribution in [0.2, 0.25) is 0 Å². The van der Waals surface area contributed by atoms with Crippen molar-refractivity contribution in [2.45, 2.75) is 79.2 Å². The highest BCUT2D eigenvalue weighted by molar-refractivity contribution is 5.43.